The number of anilines is 2. The first-order valence-corrected chi connectivity index (χ1v) is 12.6. The summed E-state index contributed by atoms with van der Waals surface area (Å²) in [4.78, 5) is 39.2. The third-order valence-corrected chi connectivity index (χ3v) is 5.76. The van der Waals surface area contributed by atoms with Gasteiger partial charge >= 0.3 is 5.97 Å². The van der Waals surface area contributed by atoms with Crippen molar-refractivity contribution in [1.82, 2.24) is 5.32 Å². The summed E-state index contributed by atoms with van der Waals surface area (Å²) in [7, 11) is 0. The first-order valence-electron chi connectivity index (χ1n) is 12.2. The molecule has 7 nitrogen and oxygen atoms in total. The molecule has 192 valence electrons. The van der Waals surface area contributed by atoms with Crippen molar-refractivity contribution in [3.8, 4) is 0 Å². The van der Waals surface area contributed by atoms with Crippen molar-refractivity contribution in [2.75, 3.05) is 23.4 Å². The topological polar surface area (TPSA) is 87.7 Å². The average molecular weight is 518 g/mol. The first-order chi connectivity index (χ1) is 18.0. The average Bonchev–Trinajstić information content (AvgIpc) is 2.92. The van der Waals surface area contributed by atoms with Crippen molar-refractivity contribution in [3.63, 3.8) is 0 Å². The van der Waals surface area contributed by atoms with Gasteiger partial charge in [0.05, 0.1) is 24.3 Å². The number of nitrogens with zero attached hydrogens (tertiary/aromatic N) is 1. The normalized spacial score (nSPS) is 10.3. The van der Waals surface area contributed by atoms with Gasteiger partial charge < -0.3 is 20.3 Å². The highest BCUT2D eigenvalue weighted by molar-refractivity contribution is 7.80. The number of thiocarbonyl (C=S) groups is 1. The minimum Gasteiger partial charge on any atom is -0.466 e. The second-order valence-electron chi connectivity index (χ2n) is 8.24. The Morgan fingerprint density at radius 1 is 0.865 bits per heavy atom. The van der Waals surface area contributed by atoms with E-state index in [1.54, 1.807) is 29.2 Å². The number of rotatable bonds is 11. The predicted molar refractivity (Wildman–Crippen MR) is 150 cm³/mol. The summed E-state index contributed by atoms with van der Waals surface area (Å²) < 4.78 is 5.22. The van der Waals surface area contributed by atoms with Crippen LogP contribution in [0.2, 0.25) is 0 Å². The Morgan fingerprint density at radius 3 is 2.22 bits per heavy atom. The molecule has 0 aliphatic heterocycles. The molecule has 0 aliphatic rings. The van der Waals surface area contributed by atoms with E-state index in [1.807, 2.05) is 67.6 Å². The van der Waals surface area contributed by atoms with Gasteiger partial charge in [-0.2, -0.15) is 0 Å². The predicted octanol–water partition coefficient (Wildman–Crippen LogP) is 5.12. The molecule has 0 bridgehead atoms. The van der Waals surface area contributed by atoms with Crippen molar-refractivity contribution in [2.45, 2.75) is 32.6 Å². The molecule has 0 heterocycles. The maximum atomic E-state index is 13.3. The van der Waals surface area contributed by atoms with E-state index in [0.717, 1.165) is 12.1 Å². The molecule has 2 N–H and O–H groups in total. The number of para-hydroxylation sites is 2. The molecular formula is C29H31N3O4S. The van der Waals surface area contributed by atoms with E-state index in [-0.39, 0.29) is 23.9 Å². The Bertz CT molecular complexity index is 1200. The molecule has 3 aromatic rings. The summed E-state index contributed by atoms with van der Waals surface area (Å²) in [6, 6.07) is 26.3. The summed E-state index contributed by atoms with van der Waals surface area (Å²) in [6.07, 6.45) is 1.43. The zero-order valence-electron chi connectivity index (χ0n) is 20.8. The molecule has 0 aliphatic carbocycles. The van der Waals surface area contributed by atoms with Crippen molar-refractivity contribution >= 4 is 46.5 Å². The number of ether oxygens (including phenoxy) is 1. The lowest BCUT2D eigenvalue weighted by molar-refractivity contribution is -0.145. The summed E-state index contributed by atoms with van der Waals surface area (Å²) in [5.41, 5.74) is 2.87. The zero-order valence-corrected chi connectivity index (χ0v) is 21.6. The van der Waals surface area contributed by atoms with Crippen LogP contribution in [0.25, 0.3) is 0 Å². The van der Waals surface area contributed by atoms with Gasteiger partial charge in [-0.25, -0.2) is 0 Å². The lowest BCUT2D eigenvalue weighted by Gasteiger charge is -2.22. The van der Waals surface area contributed by atoms with Crippen molar-refractivity contribution in [3.05, 3.63) is 96.1 Å². The van der Waals surface area contributed by atoms with E-state index in [9.17, 15) is 14.4 Å². The molecule has 2 amide bonds. The number of carbonyl (C=O) groups excluding carboxylic acids is 3. The highest BCUT2D eigenvalue weighted by Gasteiger charge is 2.20. The molecule has 0 saturated heterocycles. The van der Waals surface area contributed by atoms with Crippen LogP contribution in [0.15, 0.2) is 84.9 Å². The standard InChI is InChI=1S/C29H31N3O4S/c1-2-32(23-15-7-4-8-16-23)28(35)24-17-9-10-18-25(24)30-29(37)31-26(33)19-20-27(34)36-21-11-14-22-12-5-3-6-13-22/h3-10,12-13,15-18H,2,11,14,19-21H2,1H3,(H2,30,31,33,37). The van der Waals surface area contributed by atoms with Gasteiger partial charge in [-0.1, -0.05) is 60.7 Å². The lowest BCUT2D eigenvalue weighted by atomic mass is 10.1. The summed E-state index contributed by atoms with van der Waals surface area (Å²) >= 11 is 5.27. The molecule has 3 aromatic carbocycles. The number of esters is 1. The number of carbonyl (C=O) groups is 3. The Kier molecular flexibility index (Phi) is 10.8. The van der Waals surface area contributed by atoms with Crippen molar-refractivity contribution in [2.24, 2.45) is 0 Å². The Labute approximate surface area is 222 Å². The number of hydrogen-bond acceptors (Lipinski definition) is 5. The van der Waals surface area contributed by atoms with Crippen LogP contribution in [0.5, 0.6) is 0 Å². The smallest absolute Gasteiger partial charge is 0.306 e. The largest absolute Gasteiger partial charge is 0.466 e. The van der Waals surface area contributed by atoms with Crippen molar-refractivity contribution < 1.29 is 19.1 Å². The second kappa shape index (κ2) is 14.5. The van der Waals surface area contributed by atoms with Gasteiger partial charge in [0.15, 0.2) is 5.11 Å². The third kappa shape index (κ3) is 8.84. The van der Waals surface area contributed by atoms with Crippen molar-refractivity contribution in [1.29, 1.82) is 0 Å². The number of hydrogen-bond donors (Lipinski definition) is 2. The fraction of sp³-hybridized carbons (Fsp3) is 0.241. The van der Waals surface area contributed by atoms with Crippen LogP contribution in [-0.2, 0) is 20.7 Å². The monoisotopic (exact) mass is 517 g/mol. The molecular weight excluding hydrogens is 486 g/mol. The fourth-order valence-electron chi connectivity index (χ4n) is 3.71. The van der Waals surface area contributed by atoms with Gasteiger partial charge in [-0.15, -0.1) is 0 Å². The van der Waals surface area contributed by atoms with Crippen LogP contribution >= 0.6 is 12.2 Å². The molecule has 37 heavy (non-hydrogen) atoms. The fourth-order valence-corrected chi connectivity index (χ4v) is 3.94. The third-order valence-electron chi connectivity index (χ3n) is 5.56. The Hall–Kier alpha value is -4.04. The molecule has 8 heteroatoms. The van der Waals surface area contributed by atoms with Crippen LogP contribution < -0.4 is 15.5 Å². The van der Waals surface area contributed by atoms with Crippen LogP contribution in [0.4, 0.5) is 11.4 Å². The SMILES string of the molecule is CCN(C(=O)c1ccccc1NC(=S)NC(=O)CCC(=O)OCCCc1ccccc1)c1ccccc1. The van der Waals surface area contributed by atoms with Gasteiger partial charge in [-0.3, -0.25) is 14.4 Å². The molecule has 0 saturated carbocycles. The molecule has 0 aromatic heterocycles. The maximum absolute atomic E-state index is 13.3. The number of benzene rings is 3. The molecule has 0 atom stereocenters. The minimum atomic E-state index is -0.432. The number of nitrogens with one attached hydrogen (secondary N) is 2. The summed E-state index contributed by atoms with van der Waals surface area (Å²) in [5.74, 6) is -1.04. The van der Waals surface area contributed by atoms with Gasteiger partial charge in [0.2, 0.25) is 5.91 Å². The van der Waals surface area contributed by atoms with Crippen LogP contribution in [-0.4, -0.2) is 36.0 Å². The summed E-state index contributed by atoms with van der Waals surface area (Å²) in [6.45, 7) is 2.69. The molecule has 3 rings (SSSR count). The van der Waals surface area contributed by atoms with Gasteiger partial charge in [0, 0.05) is 18.7 Å². The van der Waals surface area contributed by atoms with Gasteiger partial charge in [0.25, 0.3) is 5.91 Å². The Balaban J connectivity index is 1.45. The molecule has 0 fully saturated rings. The number of aryl methyl sites for hydroxylation is 1. The van der Waals surface area contributed by atoms with E-state index in [2.05, 4.69) is 10.6 Å². The zero-order chi connectivity index (χ0) is 26.5. The van der Waals surface area contributed by atoms with E-state index in [1.165, 1.54) is 5.56 Å². The van der Waals surface area contributed by atoms with Crippen LogP contribution in [0, 0.1) is 0 Å². The molecule has 0 unspecified atom stereocenters. The Morgan fingerprint density at radius 2 is 1.51 bits per heavy atom. The van der Waals surface area contributed by atoms with E-state index in [0.29, 0.717) is 30.8 Å². The molecule has 0 radical (unpaired) electrons. The second-order valence-corrected chi connectivity index (χ2v) is 8.65. The van der Waals surface area contributed by atoms with Gasteiger partial charge in [-0.05, 0) is 61.8 Å². The molecule has 0 spiro atoms. The van der Waals surface area contributed by atoms with E-state index in [4.69, 9.17) is 17.0 Å². The minimum absolute atomic E-state index is 0.0443. The first kappa shape index (κ1) is 27.5. The summed E-state index contributed by atoms with van der Waals surface area (Å²) in [5, 5.41) is 5.54. The quantitative estimate of drug-likeness (QED) is 0.209. The van der Waals surface area contributed by atoms with Gasteiger partial charge in [0.1, 0.15) is 0 Å². The highest BCUT2D eigenvalue weighted by atomic mass is 32.1. The maximum Gasteiger partial charge on any atom is 0.306 e. The lowest BCUT2D eigenvalue weighted by Crippen LogP contribution is -2.36. The van der Waals surface area contributed by atoms with E-state index < -0.39 is 11.9 Å². The van der Waals surface area contributed by atoms with Crippen LogP contribution in [0.1, 0.15) is 42.1 Å². The number of amides is 2. The van der Waals surface area contributed by atoms with Crippen LogP contribution in [0.3, 0.4) is 0 Å². The van der Waals surface area contributed by atoms with E-state index >= 15 is 0 Å². The highest BCUT2D eigenvalue weighted by Crippen LogP contribution is 2.21.